The molecule has 1 fully saturated rings. The monoisotopic (exact) mass is 365 g/mol. The van der Waals surface area contributed by atoms with E-state index in [1.807, 2.05) is 18.2 Å². The third-order valence-electron chi connectivity index (χ3n) is 4.86. The van der Waals surface area contributed by atoms with Gasteiger partial charge in [0.25, 0.3) is 5.91 Å². The second-order valence-electron chi connectivity index (χ2n) is 6.65. The van der Waals surface area contributed by atoms with E-state index in [2.05, 4.69) is 10.3 Å². The minimum absolute atomic E-state index is 0.00222. The van der Waals surface area contributed by atoms with Crippen LogP contribution in [0.4, 0.5) is 5.69 Å². The Bertz CT molecular complexity index is 1030. The molecule has 2 heterocycles. The van der Waals surface area contributed by atoms with Gasteiger partial charge >= 0.3 is 5.76 Å². The first-order valence-corrected chi connectivity index (χ1v) is 8.88. The molecule has 3 aromatic rings. The number of piperidine rings is 1. The molecule has 7 nitrogen and oxygen atoms in total. The lowest BCUT2D eigenvalue weighted by atomic mass is 9.95. The summed E-state index contributed by atoms with van der Waals surface area (Å²) in [6.45, 7) is 1.11. The van der Waals surface area contributed by atoms with Gasteiger partial charge in [-0.2, -0.15) is 0 Å². The average molecular weight is 365 g/mol. The Morgan fingerprint density at radius 2 is 1.81 bits per heavy atom. The van der Waals surface area contributed by atoms with E-state index >= 15 is 0 Å². The number of nitrogens with zero attached hydrogens (tertiary/aromatic N) is 1. The molecule has 0 atom stereocenters. The lowest BCUT2D eigenvalue weighted by molar-refractivity contribution is -0.121. The van der Waals surface area contributed by atoms with E-state index in [1.54, 1.807) is 35.2 Å². The molecule has 27 heavy (non-hydrogen) atoms. The number of nitrogens with one attached hydrogen (secondary N) is 2. The van der Waals surface area contributed by atoms with Gasteiger partial charge in [0.15, 0.2) is 5.58 Å². The SMILES string of the molecule is O=C(Nc1ccc2[nH]c(=O)oc2c1)C1CCN(C(=O)c2ccccc2)CC1. The molecule has 7 heteroatoms. The quantitative estimate of drug-likeness (QED) is 0.746. The number of H-pyrrole nitrogens is 1. The zero-order chi connectivity index (χ0) is 18.8. The van der Waals surface area contributed by atoms with Gasteiger partial charge in [-0.15, -0.1) is 0 Å². The first kappa shape index (κ1) is 17.1. The Balaban J connectivity index is 1.36. The average Bonchev–Trinajstić information content (AvgIpc) is 3.07. The van der Waals surface area contributed by atoms with Gasteiger partial charge in [0, 0.05) is 36.3 Å². The van der Waals surface area contributed by atoms with Gasteiger partial charge in [0.05, 0.1) is 5.52 Å². The normalized spacial score (nSPS) is 15.0. The fourth-order valence-electron chi connectivity index (χ4n) is 3.38. The van der Waals surface area contributed by atoms with Crippen LogP contribution in [-0.4, -0.2) is 34.8 Å². The number of carbonyl (C=O) groups excluding carboxylic acids is 2. The van der Waals surface area contributed by atoms with Crippen molar-refractivity contribution >= 4 is 28.6 Å². The fourth-order valence-corrected chi connectivity index (χ4v) is 3.38. The van der Waals surface area contributed by atoms with Crippen LogP contribution in [0.3, 0.4) is 0 Å². The maximum Gasteiger partial charge on any atom is 0.417 e. The van der Waals surface area contributed by atoms with E-state index in [-0.39, 0.29) is 17.7 Å². The molecule has 0 unspecified atom stereocenters. The molecule has 1 saturated heterocycles. The number of oxazole rings is 1. The van der Waals surface area contributed by atoms with Crippen molar-refractivity contribution in [2.75, 3.05) is 18.4 Å². The number of anilines is 1. The number of likely N-dealkylation sites (tertiary alicyclic amines) is 1. The van der Waals surface area contributed by atoms with Crippen molar-refractivity contribution in [3.63, 3.8) is 0 Å². The van der Waals surface area contributed by atoms with Crippen LogP contribution >= 0.6 is 0 Å². The molecule has 0 spiro atoms. The van der Waals surface area contributed by atoms with Gasteiger partial charge in [-0.05, 0) is 37.1 Å². The zero-order valence-electron chi connectivity index (χ0n) is 14.6. The summed E-state index contributed by atoms with van der Waals surface area (Å²) in [6.07, 6.45) is 1.23. The van der Waals surface area contributed by atoms with Crippen molar-refractivity contribution < 1.29 is 14.0 Å². The minimum atomic E-state index is -0.524. The summed E-state index contributed by atoms with van der Waals surface area (Å²) in [7, 11) is 0. The van der Waals surface area contributed by atoms with Gasteiger partial charge in [-0.25, -0.2) is 4.79 Å². The standard InChI is InChI=1S/C20H19N3O4/c24-18(21-15-6-7-16-17(12-15)27-20(26)22-16)13-8-10-23(11-9-13)19(25)14-4-2-1-3-5-14/h1-7,12-13H,8-11H2,(H,21,24)(H,22,26). The highest BCUT2D eigenvalue weighted by Crippen LogP contribution is 2.22. The Morgan fingerprint density at radius 1 is 1.07 bits per heavy atom. The first-order chi connectivity index (χ1) is 13.1. The van der Waals surface area contributed by atoms with Crippen molar-refractivity contribution in [3.05, 3.63) is 64.6 Å². The van der Waals surface area contributed by atoms with Crippen molar-refractivity contribution in [2.24, 2.45) is 5.92 Å². The third kappa shape index (κ3) is 3.62. The van der Waals surface area contributed by atoms with E-state index in [4.69, 9.17) is 4.42 Å². The maximum atomic E-state index is 12.5. The molecule has 0 radical (unpaired) electrons. The van der Waals surface area contributed by atoms with Gasteiger partial charge in [-0.3, -0.25) is 14.6 Å². The highest BCUT2D eigenvalue weighted by molar-refractivity contribution is 5.96. The summed E-state index contributed by atoms with van der Waals surface area (Å²) in [5.41, 5.74) is 2.24. The van der Waals surface area contributed by atoms with E-state index in [0.29, 0.717) is 48.3 Å². The molecular formula is C20H19N3O4. The number of hydrogen-bond donors (Lipinski definition) is 2. The Labute approximate surface area is 155 Å². The molecule has 0 saturated carbocycles. The highest BCUT2D eigenvalue weighted by Gasteiger charge is 2.27. The van der Waals surface area contributed by atoms with Crippen LogP contribution in [0.15, 0.2) is 57.7 Å². The van der Waals surface area contributed by atoms with Crippen molar-refractivity contribution in [1.29, 1.82) is 0 Å². The number of rotatable bonds is 3. The van der Waals surface area contributed by atoms with Crippen LogP contribution < -0.4 is 11.1 Å². The van der Waals surface area contributed by atoms with Crippen LogP contribution in [0.25, 0.3) is 11.1 Å². The van der Waals surface area contributed by atoms with Crippen LogP contribution in [0.5, 0.6) is 0 Å². The Hall–Kier alpha value is -3.35. The number of aromatic amines is 1. The summed E-state index contributed by atoms with van der Waals surface area (Å²) in [5, 5.41) is 2.87. The molecule has 2 aromatic carbocycles. The zero-order valence-corrected chi connectivity index (χ0v) is 14.6. The number of carbonyl (C=O) groups is 2. The summed E-state index contributed by atoms with van der Waals surface area (Å²) in [6, 6.07) is 14.2. The van der Waals surface area contributed by atoms with Gasteiger partial charge in [0.1, 0.15) is 0 Å². The van der Waals surface area contributed by atoms with E-state index in [9.17, 15) is 14.4 Å². The van der Waals surface area contributed by atoms with Crippen LogP contribution in [-0.2, 0) is 4.79 Å². The number of amides is 2. The highest BCUT2D eigenvalue weighted by atomic mass is 16.4. The molecule has 2 N–H and O–H groups in total. The number of hydrogen-bond acceptors (Lipinski definition) is 4. The molecule has 138 valence electrons. The lowest BCUT2D eigenvalue weighted by Gasteiger charge is -2.31. The van der Waals surface area contributed by atoms with Gasteiger partial charge in [0.2, 0.25) is 5.91 Å². The molecule has 2 amide bonds. The van der Waals surface area contributed by atoms with Crippen LogP contribution in [0, 0.1) is 5.92 Å². The van der Waals surface area contributed by atoms with Crippen LogP contribution in [0.2, 0.25) is 0 Å². The Morgan fingerprint density at radius 3 is 2.56 bits per heavy atom. The second-order valence-corrected chi connectivity index (χ2v) is 6.65. The first-order valence-electron chi connectivity index (χ1n) is 8.88. The molecule has 1 aliphatic rings. The molecule has 0 aliphatic carbocycles. The third-order valence-corrected chi connectivity index (χ3v) is 4.86. The number of aromatic nitrogens is 1. The molecule has 4 rings (SSSR count). The predicted molar refractivity (Wildman–Crippen MR) is 101 cm³/mol. The summed E-state index contributed by atoms with van der Waals surface area (Å²) < 4.78 is 5.01. The number of benzene rings is 2. The summed E-state index contributed by atoms with van der Waals surface area (Å²) in [4.78, 5) is 40.6. The topological polar surface area (TPSA) is 95.4 Å². The van der Waals surface area contributed by atoms with Gasteiger partial charge < -0.3 is 14.6 Å². The smallest absolute Gasteiger partial charge is 0.408 e. The summed E-state index contributed by atoms with van der Waals surface area (Å²) in [5.74, 6) is -0.760. The molecule has 0 bridgehead atoms. The van der Waals surface area contributed by atoms with E-state index in [1.165, 1.54) is 0 Å². The van der Waals surface area contributed by atoms with Crippen molar-refractivity contribution in [3.8, 4) is 0 Å². The lowest BCUT2D eigenvalue weighted by Crippen LogP contribution is -2.41. The van der Waals surface area contributed by atoms with Crippen molar-refractivity contribution in [2.45, 2.75) is 12.8 Å². The number of fused-ring (bicyclic) bond motifs is 1. The van der Waals surface area contributed by atoms with E-state index < -0.39 is 5.76 Å². The molecule has 1 aromatic heterocycles. The maximum absolute atomic E-state index is 12.5. The summed E-state index contributed by atoms with van der Waals surface area (Å²) >= 11 is 0. The van der Waals surface area contributed by atoms with Crippen molar-refractivity contribution in [1.82, 2.24) is 9.88 Å². The predicted octanol–water partition coefficient (Wildman–Crippen LogP) is 2.61. The van der Waals surface area contributed by atoms with Gasteiger partial charge in [-0.1, -0.05) is 18.2 Å². The van der Waals surface area contributed by atoms with E-state index in [0.717, 1.165) is 0 Å². The minimum Gasteiger partial charge on any atom is -0.408 e. The fraction of sp³-hybridized carbons (Fsp3) is 0.250. The largest absolute Gasteiger partial charge is 0.417 e. The second kappa shape index (κ2) is 7.11. The molecular weight excluding hydrogens is 346 g/mol. The molecule has 1 aliphatic heterocycles. The van der Waals surface area contributed by atoms with Crippen LogP contribution in [0.1, 0.15) is 23.2 Å². The Kier molecular flexibility index (Phi) is 4.50.